The number of aromatic nitrogens is 3. The highest BCUT2D eigenvalue weighted by molar-refractivity contribution is 5.74. The van der Waals surface area contributed by atoms with Gasteiger partial charge in [-0.3, -0.25) is 14.8 Å². The third kappa shape index (κ3) is 4.95. The van der Waals surface area contributed by atoms with Crippen molar-refractivity contribution in [2.75, 3.05) is 24.5 Å². The van der Waals surface area contributed by atoms with Gasteiger partial charge in [-0.2, -0.15) is 0 Å². The second kappa shape index (κ2) is 10.3. The lowest BCUT2D eigenvalue weighted by molar-refractivity contribution is 0.707. The van der Waals surface area contributed by atoms with Gasteiger partial charge >= 0.3 is 0 Å². The van der Waals surface area contributed by atoms with Crippen LogP contribution in [0.1, 0.15) is 57.8 Å². The fourth-order valence-electron chi connectivity index (χ4n) is 3.91. The molecular formula is C24H35N7O. The molecule has 0 fully saturated rings. The molecule has 1 unspecified atom stereocenters. The van der Waals surface area contributed by atoms with Crippen molar-refractivity contribution in [3.63, 3.8) is 0 Å². The standard InChI is InChI=1S/C24H35N7O/c1-5-16(4)21-23(32)31-15-20(17-10-12-18(13-11-17)30(6-2)7-3)28-19(22(31)29-21)9-8-14-27-24(25)26/h10-13,15-16,28H,5-9,14H2,1-4H3,(H4,25,26,27). The number of anilines is 1. The van der Waals surface area contributed by atoms with Crippen LogP contribution in [0.2, 0.25) is 0 Å². The number of rotatable bonds is 10. The highest BCUT2D eigenvalue weighted by atomic mass is 16.1. The normalized spacial score (nSPS) is 12.1. The Kier molecular flexibility index (Phi) is 7.56. The van der Waals surface area contributed by atoms with E-state index in [4.69, 9.17) is 16.1 Å². The van der Waals surface area contributed by atoms with E-state index in [1.54, 1.807) is 4.57 Å². The third-order valence-corrected chi connectivity index (χ3v) is 6.01. The van der Waals surface area contributed by atoms with Crippen LogP contribution in [-0.2, 0) is 6.42 Å². The summed E-state index contributed by atoms with van der Waals surface area (Å²) < 4.78 is 1.68. The molecule has 8 nitrogen and oxygen atoms in total. The Morgan fingerprint density at radius 1 is 1.25 bits per heavy atom. The summed E-state index contributed by atoms with van der Waals surface area (Å²) in [6.45, 7) is 10.9. The van der Waals surface area contributed by atoms with Crippen molar-refractivity contribution in [3.05, 3.63) is 52.2 Å². The van der Waals surface area contributed by atoms with Crippen molar-refractivity contribution in [1.29, 1.82) is 5.41 Å². The van der Waals surface area contributed by atoms with Crippen LogP contribution < -0.4 is 21.5 Å². The summed E-state index contributed by atoms with van der Waals surface area (Å²) >= 11 is 0. The Balaban J connectivity index is 2.02. The van der Waals surface area contributed by atoms with Crippen LogP contribution in [0.15, 0.2) is 35.3 Å². The minimum absolute atomic E-state index is 0.0390. The van der Waals surface area contributed by atoms with E-state index in [9.17, 15) is 4.79 Å². The molecule has 1 aromatic rings. The minimum Gasteiger partial charge on any atom is -0.372 e. The topological polar surface area (TPSA) is 116 Å². The van der Waals surface area contributed by atoms with Gasteiger partial charge in [-0.05, 0) is 50.8 Å². The predicted octanol–water partition coefficient (Wildman–Crippen LogP) is 3.44. The molecule has 5 N–H and O–H groups in total. The first-order chi connectivity index (χ1) is 15.4. The van der Waals surface area contributed by atoms with E-state index in [0.717, 1.165) is 42.9 Å². The number of hydrogen-bond donors (Lipinski definition) is 4. The number of H-pyrrole nitrogens is 1. The summed E-state index contributed by atoms with van der Waals surface area (Å²) in [7, 11) is 0. The smallest absolute Gasteiger partial charge is 0.278 e. The van der Waals surface area contributed by atoms with Gasteiger partial charge in [-0.25, -0.2) is 4.98 Å². The van der Waals surface area contributed by atoms with Gasteiger partial charge in [0, 0.05) is 37.4 Å². The number of benzene rings is 1. The van der Waals surface area contributed by atoms with Gasteiger partial charge in [-0.1, -0.05) is 26.0 Å². The Labute approximate surface area is 189 Å². The van der Waals surface area contributed by atoms with E-state index in [1.165, 1.54) is 5.69 Å². The molecule has 0 spiro atoms. The number of nitrogens with one attached hydrogen (secondary N) is 3. The molecule has 1 atom stereocenters. The predicted molar refractivity (Wildman–Crippen MR) is 131 cm³/mol. The van der Waals surface area contributed by atoms with Crippen LogP contribution in [0.5, 0.6) is 0 Å². The lowest BCUT2D eigenvalue weighted by atomic mass is 10.1. The molecule has 2 aliphatic heterocycles. The lowest BCUT2D eigenvalue weighted by Gasteiger charge is -2.21. The molecule has 172 valence electrons. The van der Waals surface area contributed by atoms with E-state index in [-0.39, 0.29) is 17.4 Å². The highest BCUT2D eigenvalue weighted by Crippen LogP contribution is 2.26. The summed E-state index contributed by atoms with van der Waals surface area (Å²) in [5.74, 6) is 0.742. The molecule has 0 aromatic heterocycles. The molecule has 2 heterocycles. The van der Waals surface area contributed by atoms with Crippen LogP contribution in [-0.4, -0.2) is 40.1 Å². The maximum Gasteiger partial charge on any atom is 0.278 e. The van der Waals surface area contributed by atoms with Crippen LogP contribution in [0, 0.1) is 5.41 Å². The van der Waals surface area contributed by atoms with Gasteiger partial charge in [0.1, 0.15) is 5.69 Å². The summed E-state index contributed by atoms with van der Waals surface area (Å²) in [6.07, 6.45) is 4.17. The second-order valence-corrected chi connectivity index (χ2v) is 8.11. The third-order valence-electron chi connectivity index (χ3n) is 6.01. The van der Waals surface area contributed by atoms with E-state index in [2.05, 4.69) is 60.2 Å². The average molecular weight is 438 g/mol. The van der Waals surface area contributed by atoms with Gasteiger partial charge in [-0.15, -0.1) is 0 Å². The number of imidazole rings is 1. The quantitative estimate of drug-likeness (QED) is 0.220. The van der Waals surface area contributed by atoms with Crippen LogP contribution in [0.25, 0.3) is 17.1 Å². The molecule has 1 aromatic carbocycles. The average Bonchev–Trinajstić information content (AvgIpc) is 3.14. The monoisotopic (exact) mass is 437 g/mol. The van der Waals surface area contributed by atoms with E-state index in [1.807, 2.05) is 13.1 Å². The molecule has 3 rings (SSSR count). The fraction of sp³-hybridized carbons (Fsp3) is 0.458. The number of aromatic amines is 1. The Morgan fingerprint density at radius 3 is 2.53 bits per heavy atom. The molecule has 0 radical (unpaired) electrons. The molecule has 0 aliphatic carbocycles. The number of aryl methyl sites for hydroxylation is 1. The fourth-order valence-corrected chi connectivity index (χ4v) is 3.91. The van der Waals surface area contributed by atoms with Crippen molar-refractivity contribution in [2.45, 2.75) is 52.9 Å². The molecule has 0 amide bonds. The van der Waals surface area contributed by atoms with Crippen molar-refractivity contribution >= 4 is 11.6 Å². The van der Waals surface area contributed by atoms with Crippen molar-refractivity contribution in [1.82, 2.24) is 19.9 Å². The minimum atomic E-state index is -0.0486. The number of hydrogen-bond acceptors (Lipinski definition) is 4. The highest BCUT2D eigenvalue weighted by Gasteiger charge is 2.22. The van der Waals surface area contributed by atoms with Gasteiger partial charge < -0.3 is 20.9 Å². The van der Waals surface area contributed by atoms with Gasteiger partial charge in [0.2, 0.25) is 0 Å². The zero-order valence-electron chi connectivity index (χ0n) is 19.5. The Bertz CT molecular complexity index is 1060. The van der Waals surface area contributed by atoms with E-state index in [0.29, 0.717) is 24.5 Å². The number of nitrogens with zero attached hydrogens (tertiary/aromatic N) is 3. The van der Waals surface area contributed by atoms with Gasteiger partial charge in [0.05, 0.1) is 11.4 Å². The molecule has 0 saturated carbocycles. The first-order valence-corrected chi connectivity index (χ1v) is 11.5. The van der Waals surface area contributed by atoms with Gasteiger partial charge in [0.15, 0.2) is 11.8 Å². The number of fused-ring (bicyclic) bond motifs is 1. The van der Waals surface area contributed by atoms with Gasteiger partial charge in [0.25, 0.3) is 5.56 Å². The maximum atomic E-state index is 13.1. The summed E-state index contributed by atoms with van der Waals surface area (Å²) in [5.41, 5.74) is 9.94. The van der Waals surface area contributed by atoms with Crippen molar-refractivity contribution in [2.24, 2.45) is 5.73 Å². The Morgan fingerprint density at radius 2 is 1.94 bits per heavy atom. The van der Waals surface area contributed by atoms with Crippen LogP contribution in [0.4, 0.5) is 5.69 Å². The molecular weight excluding hydrogens is 402 g/mol. The molecule has 0 saturated heterocycles. The van der Waals surface area contributed by atoms with E-state index < -0.39 is 0 Å². The van der Waals surface area contributed by atoms with E-state index >= 15 is 0 Å². The van der Waals surface area contributed by atoms with Crippen LogP contribution in [0.3, 0.4) is 0 Å². The first-order valence-electron chi connectivity index (χ1n) is 11.5. The molecule has 32 heavy (non-hydrogen) atoms. The maximum absolute atomic E-state index is 13.1. The zero-order chi connectivity index (χ0) is 23.3. The van der Waals surface area contributed by atoms with Crippen molar-refractivity contribution < 1.29 is 0 Å². The summed E-state index contributed by atoms with van der Waals surface area (Å²) in [6, 6.07) is 8.41. The second-order valence-electron chi connectivity index (χ2n) is 8.11. The lowest BCUT2D eigenvalue weighted by Crippen LogP contribution is -2.31. The Hall–Kier alpha value is -3.29. The number of nitrogens with two attached hydrogens (primary N) is 1. The van der Waals surface area contributed by atoms with Crippen LogP contribution >= 0.6 is 0 Å². The van der Waals surface area contributed by atoms with Crippen molar-refractivity contribution in [3.8, 4) is 17.1 Å². The first kappa shape index (κ1) is 23.4. The number of guanidine groups is 1. The molecule has 2 aliphatic rings. The summed E-state index contributed by atoms with van der Waals surface area (Å²) in [4.78, 5) is 23.7. The zero-order valence-corrected chi connectivity index (χ0v) is 19.5. The molecule has 0 bridgehead atoms. The largest absolute Gasteiger partial charge is 0.372 e. The summed E-state index contributed by atoms with van der Waals surface area (Å²) in [5, 5.41) is 10.2. The SMILES string of the molecule is CCC(C)c1nc2c(CCCNC(=N)N)[nH]c(-c3ccc(N(CC)CC)cc3)cn-2c1=O. The molecule has 8 heteroatoms.